The number of nitro benzene ring substituents is 1. The highest BCUT2D eigenvalue weighted by Crippen LogP contribution is 2.71. The van der Waals surface area contributed by atoms with Crippen LogP contribution in [0, 0.1) is 10.1 Å². The third-order valence-corrected chi connectivity index (χ3v) is 4.84. The Morgan fingerprint density at radius 3 is 1.60 bits per heavy atom. The first-order valence-electron chi connectivity index (χ1n) is 7.68. The molecule has 1 atom stereocenters. The fourth-order valence-electron chi connectivity index (χ4n) is 3.17. The first-order valence-corrected chi connectivity index (χ1v) is 7.68. The average molecular weight is 461 g/mol. The van der Waals surface area contributed by atoms with Crippen molar-refractivity contribution in [3.05, 3.63) is 39.9 Å². The van der Waals surface area contributed by atoms with Gasteiger partial charge >= 0.3 is 29.6 Å². The third-order valence-electron chi connectivity index (χ3n) is 4.84. The van der Waals surface area contributed by atoms with Crippen LogP contribution in [0.4, 0.5) is 54.0 Å². The van der Waals surface area contributed by atoms with Gasteiger partial charge in [-0.2, -0.15) is 43.9 Å². The molecule has 1 N–H and O–H groups in total. The molecule has 1 fully saturated rings. The maximum Gasteiger partial charge on any atom is 0.384 e. The van der Waals surface area contributed by atoms with Crippen molar-refractivity contribution in [3.8, 4) is 0 Å². The quantitative estimate of drug-likeness (QED) is 0.386. The Kier molecular flexibility index (Phi) is 4.95. The van der Waals surface area contributed by atoms with E-state index in [1.165, 1.54) is 0 Å². The zero-order valence-corrected chi connectivity index (χ0v) is 14.4. The number of rotatable bonds is 4. The first-order chi connectivity index (χ1) is 13.1. The molecule has 1 aliphatic carbocycles. The number of nitrogens with zero attached hydrogens (tertiary/aromatic N) is 1. The van der Waals surface area contributed by atoms with Crippen LogP contribution in [0.1, 0.15) is 18.9 Å². The number of aliphatic hydroxyl groups is 1. The van der Waals surface area contributed by atoms with Crippen LogP contribution in [0.2, 0.25) is 0 Å². The molecule has 0 spiro atoms. The van der Waals surface area contributed by atoms with Crippen LogP contribution in [-0.4, -0.2) is 45.3 Å². The number of para-hydroxylation sites is 1. The maximum atomic E-state index is 14.9. The molecule has 1 aromatic carbocycles. The van der Waals surface area contributed by atoms with Gasteiger partial charge in [0.1, 0.15) is 0 Å². The van der Waals surface area contributed by atoms with Crippen molar-refractivity contribution in [1.82, 2.24) is 0 Å². The summed E-state index contributed by atoms with van der Waals surface area (Å²) in [6, 6.07) is 2.88. The van der Waals surface area contributed by atoms with Gasteiger partial charge in [-0.3, -0.25) is 10.1 Å². The molecule has 2 rings (SSSR count). The highest BCUT2D eigenvalue weighted by Gasteiger charge is 3.01. The molecule has 30 heavy (non-hydrogen) atoms. The maximum absolute atomic E-state index is 14.9. The Balaban J connectivity index is 2.77. The summed E-state index contributed by atoms with van der Waals surface area (Å²) in [6.07, 6.45) is -3.02. The monoisotopic (exact) mass is 461 g/mol. The standard InChI is InChI=1S/C15H10F11NO3/c1-9(28,7-4-2-3-5-8(7)27(29)30)6-10(16)11(17,18)13(21,22)15(25,26)14(23,24)12(10,19)20/h2-5,28H,6H2,1H3. The zero-order valence-electron chi connectivity index (χ0n) is 14.4. The van der Waals surface area contributed by atoms with Crippen LogP contribution >= 0.6 is 0 Å². The van der Waals surface area contributed by atoms with E-state index < -0.39 is 63.5 Å². The summed E-state index contributed by atoms with van der Waals surface area (Å²) >= 11 is 0. The van der Waals surface area contributed by atoms with Crippen molar-refractivity contribution >= 4 is 5.69 Å². The molecule has 1 saturated carbocycles. The molecule has 1 unspecified atom stereocenters. The fourth-order valence-corrected chi connectivity index (χ4v) is 3.17. The Morgan fingerprint density at radius 1 is 0.833 bits per heavy atom. The largest absolute Gasteiger partial charge is 0.385 e. The average Bonchev–Trinajstić information content (AvgIpc) is 2.59. The van der Waals surface area contributed by atoms with Crippen LogP contribution in [0.15, 0.2) is 24.3 Å². The van der Waals surface area contributed by atoms with Crippen LogP contribution < -0.4 is 0 Å². The van der Waals surface area contributed by atoms with Gasteiger partial charge in [-0.25, -0.2) is 4.39 Å². The van der Waals surface area contributed by atoms with Crippen LogP contribution in [0.25, 0.3) is 0 Å². The summed E-state index contributed by atoms with van der Waals surface area (Å²) in [5.41, 5.74) is -12.4. The minimum atomic E-state index is -7.38. The van der Waals surface area contributed by atoms with Crippen LogP contribution in [-0.2, 0) is 5.60 Å². The normalized spacial score (nSPS) is 27.1. The van der Waals surface area contributed by atoms with Gasteiger partial charge in [0, 0.05) is 12.5 Å². The lowest BCUT2D eigenvalue weighted by Crippen LogP contribution is -2.84. The third kappa shape index (κ3) is 2.56. The summed E-state index contributed by atoms with van der Waals surface area (Å²) in [5, 5.41) is 21.1. The molecule has 1 aromatic rings. The van der Waals surface area contributed by atoms with Crippen molar-refractivity contribution in [2.45, 2.75) is 54.2 Å². The van der Waals surface area contributed by atoms with Crippen LogP contribution in [0.3, 0.4) is 0 Å². The van der Waals surface area contributed by atoms with E-state index in [-0.39, 0.29) is 6.92 Å². The Morgan fingerprint density at radius 2 is 1.20 bits per heavy atom. The molecule has 0 saturated heterocycles. The second-order valence-electron chi connectivity index (χ2n) is 6.90. The summed E-state index contributed by atoms with van der Waals surface area (Å²) in [5.74, 6) is -36.3. The Bertz CT molecular complexity index is 839. The highest BCUT2D eigenvalue weighted by molar-refractivity contribution is 5.44. The van der Waals surface area contributed by atoms with E-state index in [0.717, 1.165) is 12.1 Å². The first kappa shape index (κ1) is 24.1. The van der Waals surface area contributed by atoms with Gasteiger partial charge in [0.25, 0.3) is 11.4 Å². The number of benzene rings is 1. The van der Waals surface area contributed by atoms with Gasteiger partial charge in [0.2, 0.25) is 0 Å². The number of hydrogen-bond donors (Lipinski definition) is 1. The molecular formula is C15H10F11NO3. The van der Waals surface area contributed by atoms with Crippen molar-refractivity contribution in [1.29, 1.82) is 0 Å². The van der Waals surface area contributed by atoms with E-state index >= 15 is 0 Å². The van der Waals surface area contributed by atoms with Crippen molar-refractivity contribution in [3.63, 3.8) is 0 Å². The molecule has 0 aromatic heterocycles. The highest BCUT2D eigenvalue weighted by atomic mass is 19.4. The number of halogens is 11. The topological polar surface area (TPSA) is 63.4 Å². The van der Waals surface area contributed by atoms with E-state index in [0.29, 0.717) is 12.1 Å². The molecular weight excluding hydrogens is 451 g/mol. The molecule has 1 aliphatic rings. The number of hydrogen-bond acceptors (Lipinski definition) is 3. The summed E-state index contributed by atoms with van der Waals surface area (Å²) in [7, 11) is 0. The van der Waals surface area contributed by atoms with E-state index in [1.807, 2.05) is 0 Å². The molecule has 4 nitrogen and oxygen atoms in total. The van der Waals surface area contributed by atoms with E-state index in [2.05, 4.69) is 0 Å². The number of nitro groups is 1. The molecule has 0 radical (unpaired) electrons. The summed E-state index contributed by atoms with van der Waals surface area (Å²) < 4.78 is 152. The molecule has 0 amide bonds. The fraction of sp³-hybridized carbons (Fsp3) is 0.600. The van der Waals surface area contributed by atoms with Crippen molar-refractivity contribution < 1.29 is 58.3 Å². The lowest BCUT2D eigenvalue weighted by Gasteiger charge is -2.53. The lowest BCUT2D eigenvalue weighted by atomic mass is 9.67. The van der Waals surface area contributed by atoms with Gasteiger partial charge in [0.05, 0.1) is 16.1 Å². The summed E-state index contributed by atoms with van der Waals surface area (Å²) in [6.45, 7) is 0.159. The second-order valence-corrected chi connectivity index (χ2v) is 6.90. The van der Waals surface area contributed by atoms with Crippen molar-refractivity contribution in [2.75, 3.05) is 0 Å². The Hall–Kier alpha value is -2.19. The number of alkyl halides is 11. The molecule has 15 heteroatoms. The molecule has 170 valence electrons. The van der Waals surface area contributed by atoms with E-state index in [9.17, 15) is 63.5 Å². The smallest absolute Gasteiger partial charge is 0.384 e. The van der Waals surface area contributed by atoms with E-state index in [4.69, 9.17) is 0 Å². The molecule has 0 bridgehead atoms. The minimum absolute atomic E-state index is 0.159. The molecule has 0 heterocycles. The van der Waals surface area contributed by atoms with Gasteiger partial charge in [-0.15, -0.1) is 0 Å². The lowest BCUT2D eigenvalue weighted by molar-refractivity contribution is -0.488. The van der Waals surface area contributed by atoms with Gasteiger partial charge < -0.3 is 5.11 Å². The second kappa shape index (κ2) is 6.17. The van der Waals surface area contributed by atoms with Gasteiger partial charge in [0.15, 0.2) is 0 Å². The SMILES string of the molecule is CC(O)(CC1(F)C(F)(F)C(F)(F)C(F)(F)C(F)(F)C1(F)F)c1ccccc1[N+](=O)[O-]. The molecule has 0 aliphatic heterocycles. The predicted molar refractivity (Wildman–Crippen MR) is 75.9 cm³/mol. The van der Waals surface area contributed by atoms with E-state index in [1.54, 1.807) is 0 Å². The minimum Gasteiger partial charge on any atom is -0.385 e. The predicted octanol–water partition coefficient (Wildman–Crippen LogP) is 5.09. The summed E-state index contributed by atoms with van der Waals surface area (Å²) in [4.78, 5) is 9.65. The van der Waals surface area contributed by atoms with Crippen molar-refractivity contribution in [2.24, 2.45) is 0 Å². The van der Waals surface area contributed by atoms with Crippen LogP contribution in [0.5, 0.6) is 0 Å². The zero-order chi connectivity index (χ0) is 23.8. The van der Waals surface area contributed by atoms with Gasteiger partial charge in [-0.05, 0) is 13.0 Å². The Labute approximate surface area is 159 Å². The van der Waals surface area contributed by atoms with Gasteiger partial charge in [-0.1, -0.05) is 12.1 Å².